The molecule has 0 aliphatic rings. The SMILES string of the molecule is Cc1ccc(CNC(=O)Cc2cccc(CC(C)NCC(O)c3ccc(O)c(CO)n3)c2)cc1C. The Bertz CT molecular complexity index is 1150. The van der Waals surface area contributed by atoms with Crippen molar-refractivity contribution in [1.82, 2.24) is 15.6 Å². The Balaban J connectivity index is 1.48. The van der Waals surface area contributed by atoms with Crippen LogP contribution in [0.2, 0.25) is 0 Å². The average Bonchev–Trinajstić information content (AvgIpc) is 2.83. The summed E-state index contributed by atoms with van der Waals surface area (Å²) in [6.45, 7) is 6.57. The van der Waals surface area contributed by atoms with Gasteiger partial charge in [-0.05, 0) is 67.1 Å². The van der Waals surface area contributed by atoms with Crippen molar-refractivity contribution in [3.05, 3.63) is 93.8 Å². The molecule has 0 aliphatic heterocycles. The Morgan fingerprint density at radius 2 is 1.77 bits per heavy atom. The number of benzene rings is 2. The third-order valence-electron chi connectivity index (χ3n) is 6.08. The minimum absolute atomic E-state index is 0.0154. The third kappa shape index (κ3) is 7.89. The van der Waals surface area contributed by atoms with Gasteiger partial charge >= 0.3 is 0 Å². The predicted octanol–water partition coefficient (Wildman–Crippen LogP) is 3.01. The second-order valence-corrected chi connectivity index (χ2v) is 9.08. The summed E-state index contributed by atoms with van der Waals surface area (Å²) in [5, 5.41) is 35.6. The van der Waals surface area contributed by atoms with E-state index in [0.29, 0.717) is 18.7 Å². The van der Waals surface area contributed by atoms with E-state index in [9.17, 15) is 20.1 Å². The van der Waals surface area contributed by atoms with Crippen LogP contribution in [0.1, 0.15) is 52.2 Å². The van der Waals surface area contributed by atoms with Gasteiger partial charge in [-0.1, -0.05) is 42.5 Å². The highest BCUT2D eigenvalue weighted by Gasteiger charge is 2.14. The summed E-state index contributed by atoms with van der Waals surface area (Å²) in [4.78, 5) is 16.6. The van der Waals surface area contributed by atoms with E-state index in [-0.39, 0.29) is 29.9 Å². The smallest absolute Gasteiger partial charge is 0.224 e. The van der Waals surface area contributed by atoms with E-state index in [1.165, 1.54) is 17.2 Å². The van der Waals surface area contributed by atoms with E-state index >= 15 is 0 Å². The van der Waals surface area contributed by atoms with Crippen molar-refractivity contribution in [2.45, 2.75) is 58.9 Å². The lowest BCUT2D eigenvalue weighted by Crippen LogP contribution is -2.32. The molecule has 1 amide bonds. The van der Waals surface area contributed by atoms with Gasteiger partial charge < -0.3 is 26.0 Å². The van der Waals surface area contributed by atoms with Gasteiger partial charge in [-0.25, -0.2) is 4.98 Å². The highest BCUT2D eigenvalue weighted by molar-refractivity contribution is 5.78. The number of hydrogen-bond donors (Lipinski definition) is 5. The molecule has 3 rings (SSSR count). The Kier molecular flexibility index (Phi) is 9.37. The van der Waals surface area contributed by atoms with Crippen molar-refractivity contribution in [2.75, 3.05) is 6.54 Å². The van der Waals surface area contributed by atoms with Crippen LogP contribution in [0.3, 0.4) is 0 Å². The minimum atomic E-state index is -0.865. The number of aliphatic hydroxyl groups is 2. The van der Waals surface area contributed by atoms with E-state index in [4.69, 9.17) is 0 Å². The number of rotatable bonds is 11. The van der Waals surface area contributed by atoms with E-state index in [0.717, 1.165) is 23.1 Å². The van der Waals surface area contributed by atoms with Gasteiger partial charge in [0.25, 0.3) is 0 Å². The zero-order chi connectivity index (χ0) is 25.4. The van der Waals surface area contributed by atoms with Crippen molar-refractivity contribution in [1.29, 1.82) is 0 Å². The standard InChI is InChI=1S/C28H35N3O4/c1-18-7-8-23(11-19(18)2)15-30-28(35)14-22-6-4-5-21(13-22)12-20(3)29-16-27(34)24-9-10-26(33)25(17-32)31-24/h4-11,13,20,27,29,32-34H,12,14-17H2,1-3H3,(H,30,35). The molecule has 7 heteroatoms. The fraction of sp³-hybridized carbons (Fsp3) is 0.357. The number of nitrogens with one attached hydrogen (secondary N) is 2. The van der Waals surface area contributed by atoms with Gasteiger partial charge in [-0.2, -0.15) is 0 Å². The van der Waals surface area contributed by atoms with Crippen LogP contribution < -0.4 is 10.6 Å². The molecule has 2 aromatic carbocycles. The molecule has 0 spiro atoms. The number of amides is 1. The average molecular weight is 478 g/mol. The van der Waals surface area contributed by atoms with Gasteiger partial charge in [0.2, 0.25) is 5.91 Å². The lowest BCUT2D eigenvalue weighted by Gasteiger charge is -2.18. The second kappa shape index (κ2) is 12.4. The number of carbonyl (C=O) groups excluding carboxylic acids is 1. The van der Waals surface area contributed by atoms with Crippen LogP contribution in [0.25, 0.3) is 0 Å². The quantitative estimate of drug-likeness (QED) is 0.290. The first kappa shape index (κ1) is 26.3. The van der Waals surface area contributed by atoms with Gasteiger partial charge in [-0.3, -0.25) is 4.79 Å². The number of aromatic hydroxyl groups is 1. The van der Waals surface area contributed by atoms with Gasteiger partial charge in [0.05, 0.1) is 18.7 Å². The lowest BCUT2D eigenvalue weighted by molar-refractivity contribution is -0.120. The Morgan fingerprint density at radius 1 is 1.00 bits per heavy atom. The molecule has 2 unspecified atom stereocenters. The summed E-state index contributed by atoms with van der Waals surface area (Å²) in [6, 6.07) is 17.2. The maximum absolute atomic E-state index is 12.5. The molecule has 5 N–H and O–H groups in total. The van der Waals surface area contributed by atoms with Gasteiger partial charge in [0, 0.05) is 19.1 Å². The van der Waals surface area contributed by atoms with Crippen molar-refractivity contribution in [2.24, 2.45) is 0 Å². The van der Waals surface area contributed by atoms with E-state index in [1.807, 2.05) is 37.3 Å². The Labute approximate surface area is 206 Å². The summed E-state index contributed by atoms with van der Waals surface area (Å²) in [6.07, 6.45) is 0.185. The van der Waals surface area contributed by atoms with Gasteiger partial charge in [0.15, 0.2) is 0 Å². The number of carbonyl (C=O) groups is 1. The first-order chi connectivity index (χ1) is 16.7. The van der Waals surface area contributed by atoms with Gasteiger partial charge in [-0.15, -0.1) is 0 Å². The fourth-order valence-corrected chi connectivity index (χ4v) is 3.88. The Morgan fingerprint density at radius 3 is 2.51 bits per heavy atom. The molecule has 3 aromatic rings. The molecule has 1 aromatic heterocycles. The van der Waals surface area contributed by atoms with Crippen LogP contribution in [0.5, 0.6) is 5.75 Å². The molecule has 186 valence electrons. The maximum Gasteiger partial charge on any atom is 0.224 e. The summed E-state index contributed by atoms with van der Waals surface area (Å²) in [5.41, 5.74) is 6.13. The normalized spacial score (nSPS) is 12.8. The summed E-state index contributed by atoms with van der Waals surface area (Å²) >= 11 is 0. The highest BCUT2D eigenvalue weighted by atomic mass is 16.3. The first-order valence-electron chi connectivity index (χ1n) is 11.9. The zero-order valence-electron chi connectivity index (χ0n) is 20.6. The number of hydrogen-bond acceptors (Lipinski definition) is 6. The lowest BCUT2D eigenvalue weighted by atomic mass is 10.0. The number of aliphatic hydroxyl groups excluding tert-OH is 2. The highest BCUT2D eigenvalue weighted by Crippen LogP contribution is 2.19. The summed E-state index contributed by atoms with van der Waals surface area (Å²) in [5.74, 6) is -0.109. The number of pyridine rings is 1. The molecular formula is C28H35N3O4. The molecule has 7 nitrogen and oxygen atoms in total. The zero-order valence-corrected chi connectivity index (χ0v) is 20.6. The number of nitrogens with zero attached hydrogens (tertiary/aromatic N) is 1. The number of aromatic nitrogens is 1. The Hall–Kier alpha value is -3.26. The van der Waals surface area contributed by atoms with Crippen molar-refractivity contribution in [3.63, 3.8) is 0 Å². The van der Waals surface area contributed by atoms with Crippen LogP contribution in [0.4, 0.5) is 0 Å². The second-order valence-electron chi connectivity index (χ2n) is 9.08. The molecule has 1 heterocycles. The molecular weight excluding hydrogens is 442 g/mol. The third-order valence-corrected chi connectivity index (χ3v) is 6.08. The molecule has 35 heavy (non-hydrogen) atoms. The summed E-state index contributed by atoms with van der Waals surface area (Å²) < 4.78 is 0. The topological polar surface area (TPSA) is 115 Å². The van der Waals surface area contributed by atoms with Crippen molar-refractivity contribution in [3.8, 4) is 5.75 Å². The summed E-state index contributed by atoms with van der Waals surface area (Å²) in [7, 11) is 0. The van der Waals surface area contributed by atoms with Crippen molar-refractivity contribution >= 4 is 5.91 Å². The molecule has 0 fully saturated rings. The van der Waals surface area contributed by atoms with E-state index in [2.05, 4.69) is 41.6 Å². The first-order valence-corrected chi connectivity index (χ1v) is 11.9. The van der Waals surface area contributed by atoms with Crippen LogP contribution >= 0.6 is 0 Å². The van der Waals surface area contributed by atoms with Crippen LogP contribution in [-0.4, -0.2) is 38.8 Å². The van der Waals surface area contributed by atoms with Crippen LogP contribution in [0.15, 0.2) is 54.6 Å². The van der Waals surface area contributed by atoms with E-state index in [1.54, 1.807) is 6.07 Å². The largest absolute Gasteiger partial charge is 0.506 e. The molecule has 0 saturated heterocycles. The predicted molar refractivity (Wildman–Crippen MR) is 136 cm³/mol. The molecule has 0 radical (unpaired) electrons. The number of aryl methyl sites for hydroxylation is 2. The molecule has 0 aliphatic carbocycles. The van der Waals surface area contributed by atoms with Crippen molar-refractivity contribution < 1.29 is 20.1 Å². The minimum Gasteiger partial charge on any atom is -0.506 e. The van der Waals surface area contributed by atoms with Crippen LogP contribution in [-0.2, 0) is 30.8 Å². The monoisotopic (exact) mass is 477 g/mol. The van der Waals surface area contributed by atoms with E-state index < -0.39 is 12.7 Å². The molecule has 2 atom stereocenters. The molecule has 0 saturated carbocycles. The molecule has 0 bridgehead atoms. The fourth-order valence-electron chi connectivity index (χ4n) is 3.88. The maximum atomic E-state index is 12.5. The van der Waals surface area contributed by atoms with Gasteiger partial charge in [0.1, 0.15) is 17.5 Å². The van der Waals surface area contributed by atoms with Crippen LogP contribution in [0, 0.1) is 13.8 Å².